The van der Waals surface area contributed by atoms with Crippen LogP contribution in [0, 0.1) is 0 Å². The number of furan rings is 1. The smallest absolute Gasteiger partial charge is 0.216 e. The lowest BCUT2D eigenvalue weighted by Crippen LogP contribution is -2.43. The molecule has 7 nitrogen and oxygen atoms in total. The first-order chi connectivity index (χ1) is 13.1. The highest BCUT2D eigenvalue weighted by molar-refractivity contribution is 14.0. The Balaban J connectivity index is 0.00000280. The summed E-state index contributed by atoms with van der Waals surface area (Å²) in [6.45, 7) is 8.41. The van der Waals surface area contributed by atoms with E-state index in [2.05, 4.69) is 68.9 Å². The van der Waals surface area contributed by atoms with Crippen LogP contribution < -0.4 is 10.6 Å². The number of halogens is 1. The fourth-order valence-corrected chi connectivity index (χ4v) is 2.67. The van der Waals surface area contributed by atoms with Crippen LogP contribution in [-0.4, -0.2) is 34.2 Å². The van der Waals surface area contributed by atoms with Gasteiger partial charge >= 0.3 is 0 Å². The van der Waals surface area contributed by atoms with Gasteiger partial charge in [0, 0.05) is 18.5 Å². The first-order valence-electron chi connectivity index (χ1n) is 9.11. The van der Waals surface area contributed by atoms with Gasteiger partial charge in [-0.05, 0) is 24.6 Å². The molecule has 28 heavy (non-hydrogen) atoms. The van der Waals surface area contributed by atoms with Crippen LogP contribution in [-0.2, 0) is 12.0 Å². The molecule has 0 amide bonds. The predicted molar refractivity (Wildman–Crippen MR) is 122 cm³/mol. The van der Waals surface area contributed by atoms with E-state index in [9.17, 15) is 0 Å². The van der Waals surface area contributed by atoms with E-state index in [0.717, 1.165) is 19.0 Å². The highest BCUT2D eigenvalue weighted by atomic mass is 127. The summed E-state index contributed by atoms with van der Waals surface area (Å²) in [4.78, 5) is 9.02. The molecule has 0 radical (unpaired) electrons. The Kier molecular flexibility index (Phi) is 8.04. The minimum Gasteiger partial charge on any atom is -0.461 e. The molecule has 0 bridgehead atoms. The number of nitrogens with zero attached hydrogens (tertiary/aromatic N) is 3. The monoisotopic (exact) mass is 494 g/mol. The second-order valence-electron chi connectivity index (χ2n) is 6.88. The standard InChI is InChI=1S/C20H26N6O.HI/c1-4-21-19(23-14-20(2,3)15-9-6-5-7-10-15)22-13-17-24-18(26-25-17)16-11-8-12-27-16;/h5-12H,4,13-14H2,1-3H3,(H2,21,22,23)(H,24,25,26);1H. The molecule has 0 unspecified atom stereocenters. The van der Waals surface area contributed by atoms with E-state index in [1.807, 2.05) is 25.1 Å². The van der Waals surface area contributed by atoms with Gasteiger partial charge in [0.1, 0.15) is 12.4 Å². The fourth-order valence-electron chi connectivity index (χ4n) is 2.67. The Hall–Kier alpha value is -2.36. The number of rotatable bonds is 7. The number of hydrogen-bond donors (Lipinski definition) is 3. The van der Waals surface area contributed by atoms with Crippen LogP contribution in [0.4, 0.5) is 0 Å². The zero-order valence-corrected chi connectivity index (χ0v) is 18.7. The normalized spacial score (nSPS) is 11.8. The summed E-state index contributed by atoms with van der Waals surface area (Å²) >= 11 is 0. The van der Waals surface area contributed by atoms with Crippen LogP contribution in [0.2, 0.25) is 0 Å². The van der Waals surface area contributed by atoms with E-state index < -0.39 is 0 Å². The van der Waals surface area contributed by atoms with Gasteiger partial charge in [-0.1, -0.05) is 44.2 Å². The van der Waals surface area contributed by atoms with E-state index in [1.54, 1.807) is 6.26 Å². The lowest BCUT2D eigenvalue weighted by molar-refractivity contribution is 0.508. The molecule has 2 heterocycles. The van der Waals surface area contributed by atoms with Gasteiger partial charge in [-0.15, -0.1) is 29.1 Å². The summed E-state index contributed by atoms with van der Waals surface area (Å²) in [5, 5.41) is 13.8. The van der Waals surface area contributed by atoms with Gasteiger partial charge in [0.2, 0.25) is 5.82 Å². The molecular formula is C20H27IN6O. The Morgan fingerprint density at radius 3 is 2.61 bits per heavy atom. The molecule has 0 fully saturated rings. The molecule has 0 aliphatic carbocycles. The van der Waals surface area contributed by atoms with E-state index in [-0.39, 0.29) is 29.4 Å². The third-order valence-electron chi connectivity index (χ3n) is 4.26. The van der Waals surface area contributed by atoms with Crippen molar-refractivity contribution in [3.8, 4) is 11.6 Å². The van der Waals surface area contributed by atoms with Gasteiger partial charge in [0.15, 0.2) is 11.7 Å². The van der Waals surface area contributed by atoms with Crippen LogP contribution in [0.5, 0.6) is 0 Å². The summed E-state index contributed by atoms with van der Waals surface area (Å²) in [5.74, 6) is 2.60. The molecule has 0 saturated carbocycles. The minimum absolute atomic E-state index is 0. The molecule has 150 valence electrons. The summed E-state index contributed by atoms with van der Waals surface area (Å²) in [7, 11) is 0. The Labute approximate surface area is 182 Å². The van der Waals surface area contributed by atoms with Crippen molar-refractivity contribution in [2.75, 3.05) is 13.1 Å². The number of aromatic amines is 1. The Morgan fingerprint density at radius 1 is 1.14 bits per heavy atom. The van der Waals surface area contributed by atoms with E-state index in [4.69, 9.17) is 4.42 Å². The quantitative estimate of drug-likeness (QED) is 0.265. The zero-order valence-electron chi connectivity index (χ0n) is 16.4. The van der Waals surface area contributed by atoms with Crippen molar-refractivity contribution in [3.05, 3.63) is 60.1 Å². The third-order valence-corrected chi connectivity index (χ3v) is 4.26. The molecule has 0 atom stereocenters. The summed E-state index contributed by atoms with van der Waals surface area (Å²) in [5.41, 5.74) is 1.27. The molecule has 3 rings (SSSR count). The van der Waals surface area contributed by atoms with Crippen LogP contribution in [0.25, 0.3) is 11.6 Å². The van der Waals surface area contributed by atoms with E-state index in [1.165, 1.54) is 5.56 Å². The van der Waals surface area contributed by atoms with Gasteiger partial charge in [-0.25, -0.2) is 9.98 Å². The first-order valence-corrected chi connectivity index (χ1v) is 9.11. The molecular weight excluding hydrogens is 467 g/mol. The van der Waals surface area contributed by atoms with E-state index in [0.29, 0.717) is 24.0 Å². The van der Waals surface area contributed by atoms with Crippen molar-refractivity contribution < 1.29 is 4.42 Å². The van der Waals surface area contributed by atoms with Crippen molar-refractivity contribution in [1.29, 1.82) is 0 Å². The van der Waals surface area contributed by atoms with Crippen molar-refractivity contribution in [2.24, 2.45) is 4.99 Å². The van der Waals surface area contributed by atoms with E-state index >= 15 is 0 Å². The summed E-state index contributed by atoms with van der Waals surface area (Å²) in [6.07, 6.45) is 1.60. The lowest BCUT2D eigenvalue weighted by atomic mass is 9.85. The number of nitrogens with one attached hydrogen (secondary N) is 3. The van der Waals surface area contributed by atoms with Crippen LogP contribution >= 0.6 is 24.0 Å². The average molecular weight is 494 g/mol. The Bertz CT molecular complexity index is 858. The molecule has 8 heteroatoms. The molecule has 2 aromatic heterocycles. The van der Waals surface area contributed by atoms with Crippen LogP contribution in [0.1, 0.15) is 32.2 Å². The van der Waals surface area contributed by atoms with Crippen LogP contribution in [0.15, 0.2) is 58.1 Å². The maximum absolute atomic E-state index is 5.31. The predicted octanol–water partition coefficient (Wildman–Crippen LogP) is 3.72. The molecule has 0 aliphatic rings. The van der Waals surface area contributed by atoms with Gasteiger partial charge in [0.05, 0.1) is 6.26 Å². The molecule has 0 saturated heterocycles. The van der Waals surface area contributed by atoms with Gasteiger partial charge < -0.3 is 15.1 Å². The molecule has 0 spiro atoms. The molecule has 1 aromatic carbocycles. The number of hydrogen-bond acceptors (Lipinski definition) is 4. The number of aromatic nitrogens is 3. The number of benzene rings is 1. The largest absolute Gasteiger partial charge is 0.461 e. The lowest BCUT2D eigenvalue weighted by Gasteiger charge is -2.26. The second-order valence-corrected chi connectivity index (χ2v) is 6.88. The summed E-state index contributed by atoms with van der Waals surface area (Å²) < 4.78 is 5.31. The highest BCUT2D eigenvalue weighted by Gasteiger charge is 2.20. The SMILES string of the molecule is CCNC(=NCc1nc(-c2ccco2)n[nH]1)NCC(C)(C)c1ccccc1.I. The molecule has 3 N–H and O–H groups in total. The number of H-pyrrole nitrogens is 1. The maximum atomic E-state index is 5.31. The van der Waals surface area contributed by atoms with Crippen molar-refractivity contribution >= 4 is 29.9 Å². The molecule has 0 aliphatic heterocycles. The third kappa shape index (κ3) is 5.82. The van der Waals surface area contributed by atoms with Crippen molar-refractivity contribution in [2.45, 2.75) is 32.7 Å². The van der Waals surface area contributed by atoms with Crippen LogP contribution in [0.3, 0.4) is 0 Å². The fraction of sp³-hybridized carbons (Fsp3) is 0.350. The minimum atomic E-state index is -0.0177. The first kappa shape index (κ1) is 21.9. The number of aliphatic imine (C=N–C) groups is 1. The van der Waals surface area contributed by atoms with Crippen molar-refractivity contribution in [3.63, 3.8) is 0 Å². The van der Waals surface area contributed by atoms with Crippen molar-refractivity contribution in [1.82, 2.24) is 25.8 Å². The molecule has 3 aromatic rings. The maximum Gasteiger partial charge on any atom is 0.216 e. The van der Waals surface area contributed by atoms with Gasteiger partial charge in [-0.3, -0.25) is 5.10 Å². The Morgan fingerprint density at radius 2 is 1.93 bits per heavy atom. The second kappa shape index (κ2) is 10.3. The summed E-state index contributed by atoms with van der Waals surface area (Å²) in [6, 6.07) is 14.1. The zero-order chi connectivity index (χ0) is 19.1. The topological polar surface area (TPSA) is 91.1 Å². The highest BCUT2D eigenvalue weighted by Crippen LogP contribution is 2.21. The average Bonchev–Trinajstić information content (AvgIpc) is 3.36. The van der Waals surface area contributed by atoms with Gasteiger partial charge in [0.25, 0.3) is 0 Å². The van der Waals surface area contributed by atoms with Gasteiger partial charge in [-0.2, -0.15) is 0 Å². The number of guanidine groups is 1.